The Hall–Kier alpha value is -3.22. The van der Waals surface area contributed by atoms with Crippen molar-refractivity contribution >= 4 is 17.5 Å². The van der Waals surface area contributed by atoms with Gasteiger partial charge in [0.15, 0.2) is 0 Å². The highest BCUT2D eigenvalue weighted by atomic mass is 16.5. The number of nitrogens with zero attached hydrogens (tertiary/aromatic N) is 1. The van der Waals surface area contributed by atoms with E-state index in [9.17, 15) is 9.59 Å². The van der Waals surface area contributed by atoms with Crippen LogP contribution in [0.4, 0.5) is 5.69 Å². The molecule has 2 heterocycles. The third-order valence-electron chi connectivity index (χ3n) is 3.58. The van der Waals surface area contributed by atoms with Crippen molar-refractivity contribution in [3.05, 3.63) is 54.1 Å². The summed E-state index contributed by atoms with van der Waals surface area (Å²) in [7, 11) is 3.06. The standard InChI is InChI=1S/C17H16N2O5/c1-22-11-5-6-15(23-2)13(8-11)18-14-9-16(20)19(17(14)21)10-12-4-3-7-24-12/h3-9,18H,10H2,1-2H3. The monoisotopic (exact) mass is 328 g/mol. The summed E-state index contributed by atoms with van der Waals surface area (Å²) in [5, 5.41) is 2.94. The summed E-state index contributed by atoms with van der Waals surface area (Å²) in [6, 6.07) is 8.55. The van der Waals surface area contributed by atoms with E-state index in [1.165, 1.54) is 19.4 Å². The van der Waals surface area contributed by atoms with Crippen LogP contribution in [0.1, 0.15) is 5.76 Å². The van der Waals surface area contributed by atoms with Crippen molar-refractivity contribution in [2.75, 3.05) is 19.5 Å². The molecule has 1 N–H and O–H groups in total. The van der Waals surface area contributed by atoms with Crippen LogP contribution in [0.3, 0.4) is 0 Å². The first-order valence-electron chi connectivity index (χ1n) is 7.21. The lowest BCUT2D eigenvalue weighted by atomic mass is 10.2. The number of imide groups is 1. The highest BCUT2D eigenvalue weighted by molar-refractivity contribution is 6.17. The highest BCUT2D eigenvalue weighted by Crippen LogP contribution is 2.31. The molecule has 0 aliphatic carbocycles. The molecule has 0 radical (unpaired) electrons. The number of amides is 2. The average Bonchev–Trinajstić information content (AvgIpc) is 3.19. The summed E-state index contributed by atoms with van der Waals surface area (Å²) in [4.78, 5) is 25.6. The summed E-state index contributed by atoms with van der Waals surface area (Å²) in [6.45, 7) is 0.0849. The Morgan fingerprint density at radius 2 is 2.00 bits per heavy atom. The van der Waals surface area contributed by atoms with Crippen molar-refractivity contribution in [3.63, 3.8) is 0 Å². The lowest BCUT2D eigenvalue weighted by Gasteiger charge is -2.15. The van der Waals surface area contributed by atoms with Crippen molar-refractivity contribution < 1.29 is 23.5 Å². The Labute approximate surface area is 138 Å². The highest BCUT2D eigenvalue weighted by Gasteiger charge is 2.32. The van der Waals surface area contributed by atoms with Gasteiger partial charge < -0.3 is 19.2 Å². The second-order valence-corrected chi connectivity index (χ2v) is 5.06. The fourth-order valence-corrected chi connectivity index (χ4v) is 2.36. The second-order valence-electron chi connectivity index (χ2n) is 5.06. The third-order valence-corrected chi connectivity index (χ3v) is 3.58. The van der Waals surface area contributed by atoms with Crippen molar-refractivity contribution in [3.8, 4) is 11.5 Å². The van der Waals surface area contributed by atoms with Crippen molar-refractivity contribution in [1.29, 1.82) is 0 Å². The molecule has 3 rings (SSSR count). The van der Waals surface area contributed by atoms with Crippen LogP contribution in [0.25, 0.3) is 0 Å². The van der Waals surface area contributed by atoms with E-state index in [-0.39, 0.29) is 12.2 Å². The summed E-state index contributed by atoms with van der Waals surface area (Å²) in [5.74, 6) is 0.830. The van der Waals surface area contributed by atoms with E-state index < -0.39 is 11.8 Å². The van der Waals surface area contributed by atoms with Gasteiger partial charge in [-0.2, -0.15) is 0 Å². The molecule has 0 bridgehead atoms. The van der Waals surface area contributed by atoms with Crippen LogP contribution in [0.2, 0.25) is 0 Å². The quantitative estimate of drug-likeness (QED) is 0.819. The van der Waals surface area contributed by atoms with Gasteiger partial charge in [0.05, 0.1) is 32.7 Å². The fraction of sp³-hybridized carbons (Fsp3) is 0.176. The molecule has 2 amide bonds. The molecule has 1 aliphatic heterocycles. The van der Waals surface area contributed by atoms with Gasteiger partial charge >= 0.3 is 0 Å². The summed E-state index contributed by atoms with van der Waals surface area (Å²) in [6.07, 6.45) is 2.75. The van der Waals surface area contributed by atoms with Gasteiger partial charge in [0.25, 0.3) is 11.8 Å². The molecule has 124 valence electrons. The molecular formula is C17H16N2O5. The van der Waals surface area contributed by atoms with E-state index in [4.69, 9.17) is 13.9 Å². The Bertz CT molecular complexity index is 795. The van der Waals surface area contributed by atoms with E-state index in [0.717, 1.165) is 4.90 Å². The van der Waals surface area contributed by atoms with Crippen LogP contribution in [-0.2, 0) is 16.1 Å². The van der Waals surface area contributed by atoms with E-state index in [1.807, 2.05) is 0 Å². The number of hydrogen-bond donors (Lipinski definition) is 1. The molecule has 1 aromatic heterocycles. The maximum atomic E-state index is 12.5. The molecule has 0 saturated heterocycles. The molecule has 0 unspecified atom stereocenters. The number of nitrogens with one attached hydrogen (secondary N) is 1. The first-order chi connectivity index (χ1) is 11.6. The zero-order chi connectivity index (χ0) is 17.1. The van der Waals surface area contributed by atoms with Gasteiger partial charge in [0.1, 0.15) is 23.0 Å². The van der Waals surface area contributed by atoms with Gasteiger partial charge in [-0.3, -0.25) is 14.5 Å². The summed E-state index contributed by atoms with van der Waals surface area (Å²) < 4.78 is 15.6. The Morgan fingerprint density at radius 3 is 2.67 bits per heavy atom. The number of rotatable bonds is 6. The maximum absolute atomic E-state index is 12.5. The molecule has 0 fully saturated rings. The summed E-state index contributed by atoms with van der Waals surface area (Å²) in [5.41, 5.74) is 0.696. The SMILES string of the molecule is COc1ccc(OC)c(NC2=CC(=O)N(Cc3ccco3)C2=O)c1. The lowest BCUT2D eigenvalue weighted by molar-refractivity contribution is -0.138. The van der Waals surface area contributed by atoms with E-state index in [2.05, 4.69) is 5.32 Å². The Kier molecular flexibility index (Phi) is 4.24. The maximum Gasteiger partial charge on any atom is 0.277 e. The minimum Gasteiger partial charge on any atom is -0.497 e. The summed E-state index contributed by atoms with van der Waals surface area (Å²) >= 11 is 0. The smallest absolute Gasteiger partial charge is 0.277 e. The van der Waals surface area contributed by atoms with Crippen molar-refractivity contribution in [2.45, 2.75) is 6.54 Å². The Balaban J connectivity index is 1.80. The number of carbonyl (C=O) groups excluding carboxylic acids is 2. The van der Waals surface area contributed by atoms with Gasteiger partial charge in [-0.1, -0.05) is 0 Å². The molecule has 1 aliphatic rings. The average molecular weight is 328 g/mol. The van der Waals surface area contributed by atoms with Crippen LogP contribution in [-0.4, -0.2) is 30.9 Å². The number of hydrogen-bond acceptors (Lipinski definition) is 6. The molecular weight excluding hydrogens is 312 g/mol. The van der Waals surface area contributed by atoms with E-state index >= 15 is 0 Å². The molecule has 2 aromatic rings. The zero-order valence-electron chi connectivity index (χ0n) is 13.2. The number of methoxy groups -OCH3 is 2. The molecule has 24 heavy (non-hydrogen) atoms. The van der Waals surface area contributed by atoms with Gasteiger partial charge in [-0.05, 0) is 24.3 Å². The molecule has 1 aromatic carbocycles. The van der Waals surface area contributed by atoms with Crippen molar-refractivity contribution in [2.24, 2.45) is 0 Å². The topological polar surface area (TPSA) is 81.0 Å². The van der Waals surface area contributed by atoms with Crippen LogP contribution >= 0.6 is 0 Å². The lowest BCUT2D eigenvalue weighted by Crippen LogP contribution is -2.31. The predicted octanol–water partition coefficient (Wildman–Crippen LogP) is 2.16. The van der Waals surface area contributed by atoms with Crippen LogP contribution in [0, 0.1) is 0 Å². The molecule has 0 saturated carbocycles. The van der Waals surface area contributed by atoms with Crippen LogP contribution < -0.4 is 14.8 Å². The number of ether oxygens (including phenoxy) is 2. The van der Waals surface area contributed by atoms with Crippen LogP contribution in [0.15, 0.2) is 52.8 Å². The van der Waals surface area contributed by atoms with Crippen LogP contribution in [0.5, 0.6) is 11.5 Å². The van der Waals surface area contributed by atoms with Gasteiger partial charge in [0, 0.05) is 12.1 Å². The molecule has 7 nitrogen and oxygen atoms in total. The zero-order valence-corrected chi connectivity index (χ0v) is 13.2. The largest absolute Gasteiger partial charge is 0.497 e. The number of furan rings is 1. The normalized spacial score (nSPS) is 13.9. The third kappa shape index (κ3) is 2.96. The molecule has 0 spiro atoms. The fourth-order valence-electron chi connectivity index (χ4n) is 2.36. The first kappa shape index (κ1) is 15.7. The number of benzene rings is 1. The minimum atomic E-state index is -0.429. The van der Waals surface area contributed by atoms with E-state index in [1.54, 1.807) is 37.4 Å². The second kappa shape index (κ2) is 6.49. The van der Waals surface area contributed by atoms with Gasteiger partial charge in [-0.15, -0.1) is 0 Å². The molecule has 7 heteroatoms. The van der Waals surface area contributed by atoms with Gasteiger partial charge in [-0.25, -0.2) is 0 Å². The molecule has 0 atom stereocenters. The minimum absolute atomic E-state index is 0.0849. The van der Waals surface area contributed by atoms with Gasteiger partial charge in [0.2, 0.25) is 0 Å². The predicted molar refractivity (Wildman–Crippen MR) is 85.5 cm³/mol. The Morgan fingerprint density at radius 1 is 1.17 bits per heavy atom. The first-order valence-corrected chi connectivity index (χ1v) is 7.21. The number of carbonyl (C=O) groups is 2. The van der Waals surface area contributed by atoms with Crippen molar-refractivity contribution in [1.82, 2.24) is 4.90 Å². The number of anilines is 1. The van der Waals surface area contributed by atoms with E-state index in [0.29, 0.717) is 22.9 Å².